The Morgan fingerprint density at radius 2 is 1.87 bits per heavy atom. The van der Waals surface area contributed by atoms with Crippen molar-refractivity contribution in [1.29, 1.82) is 0 Å². The maximum Gasteiger partial charge on any atom is 0.0431 e. The summed E-state index contributed by atoms with van der Waals surface area (Å²) in [7, 11) is 0. The molecule has 0 unspecified atom stereocenters. The summed E-state index contributed by atoms with van der Waals surface area (Å²) in [6, 6.07) is 0. The average molecular weight is 213 g/mol. The largest absolute Gasteiger partial charge is 0.396 e. The highest BCUT2D eigenvalue weighted by molar-refractivity contribution is 4.72. The SMILES string of the molecule is CCCCCN1CCC(CCCO)CC1. The predicted octanol–water partition coefficient (Wildman–Crippen LogP) is 2.66. The fraction of sp³-hybridized carbons (Fsp3) is 1.00. The van der Waals surface area contributed by atoms with Gasteiger partial charge in [0.05, 0.1) is 0 Å². The molecule has 0 saturated carbocycles. The summed E-state index contributed by atoms with van der Waals surface area (Å²) in [6.45, 7) is 6.53. The first-order valence-corrected chi connectivity index (χ1v) is 6.70. The van der Waals surface area contributed by atoms with Crippen LogP contribution in [0, 0.1) is 5.92 Å². The maximum atomic E-state index is 8.78. The molecular formula is C13H27NO. The summed E-state index contributed by atoms with van der Waals surface area (Å²) in [4.78, 5) is 2.62. The Balaban J connectivity index is 2.02. The van der Waals surface area contributed by atoms with E-state index in [0.29, 0.717) is 6.61 Å². The van der Waals surface area contributed by atoms with Gasteiger partial charge in [-0.15, -0.1) is 0 Å². The van der Waals surface area contributed by atoms with Crippen molar-refractivity contribution in [1.82, 2.24) is 4.90 Å². The number of aliphatic hydroxyl groups is 1. The number of aliphatic hydroxyl groups excluding tert-OH is 1. The Hall–Kier alpha value is -0.0800. The third-order valence-corrected chi connectivity index (χ3v) is 3.56. The third-order valence-electron chi connectivity index (χ3n) is 3.56. The van der Waals surface area contributed by atoms with Gasteiger partial charge in [-0.3, -0.25) is 0 Å². The van der Waals surface area contributed by atoms with Crippen molar-refractivity contribution in [2.75, 3.05) is 26.2 Å². The van der Waals surface area contributed by atoms with Crippen LogP contribution >= 0.6 is 0 Å². The van der Waals surface area contributed by atoms with Crippen LogP contribution < -0.4 is 0 Å². The zero-order valence-corrected chi connectivity index (χ0v) is 10.2. The lowest BCUT2D eigenvalue weighted by Gasteiger charge is -2.31. The Morgan fingerprint density at radius 3 is 2.47 bits per heavy atom. The van der Waals surface area contributed by atoms with Gasteiger partial charge >= 0.3 is 0 Å². The summed E-state index contributed by atoms with van der Waals surface area (Å²) in [5.41, 5.74) is 0. The lowest BCUT2D eigenvalue weighted by Crippen LogP contribution is -2.34. The van der Waals surface area contributed by atoms with Gasteiger partial charge in [-0.2, -0.15) is 0 Å². The highest BCUT2D eigenvalue weighted by Gasteiger charge is 2.17. The third kappa shape index (κ3) is 5.53. The van der Waals surface area contributed by atoms with Crippen LogP contribution in [0.4, 0.5) is 0 Å². The predicted molar refractivity (Wildman–Crippen MR) is 65.0 cm³/mol. The molecule has 1 saturated heterocycles. The molecular weight excluding hydrogens is 186 g/mol. The van der Waals surface area contributed by atoms with Gasteiger partial charge in [0.1, 0.15) is 0 Å². The van der Waals surface area contributed by atoms with E-state index in [1.807, 2.05) is 0 Å². The van der Waals surface area contributed by atoms with Crippen LogP contribution in [0.5, 0.6) is 0 Å². The highest BCUT2D eigenvalue weighted by Crippen LogP contribution is 2.21. The zero-order chi connectivity index (χ0) is 10.9. The molecule has 0 aromatic heterocycles. The van der Waals surface area contributed by atoms with Crippen molar-refractivity contribution in [3.8, 4) is 0 Å². The second-order valence-corrected chi connectivity index (χ2v) is 4.86. The molecule has 0 bridgehead atoms. The van der Waals surface area contributed by atoms with Gasteiger partial charge in [0.15, 0.2) is 0 Å². The van der Waals surface area contributed by atoms with Crippen molar-refractivity contribution in [3.63, 3.8) is 0 Å². The summed E-state index contributed by atoms with van der Waals surface area (Å²) in [5, 5.41) is 8.78. The van der Waals surface area contributed by atoms with Crippen LogP contribution in [0.2, 0.25) is 0 Å². The van der Waals surface area contributed by atoms with Crippen LogP contribution in [-0.4, -0.2) is 36.2 Å². The smallest absolute Gasteiger partial charge is 0.0431 e. The van der Waals surface area contributed by atoms with Crippen LogP contribution in [-0.2, 0) is 0 Å². The quantitative estimate of drug-likeness (QED) is 0.657. The molecule has 1 heterocycles. The lowest BCUT2D eigenvalue weighted by molar-refractivity contribution is 0.168. The minimum absolute atomic E-state index is 0.372. The molecule has 1 rings (SSSR count). The number of rotatable bonds is 7. The standard InChI is InChI=1S/C13H27NO/c1-2-3-4-9-14-10-7-13(8-11-14)6-5-12-15/h13,15H,2-12H2,1H3. The average Bonchev–Trinajstić information content (AvgIpc) is 2.28. The highest BCUT2D eigenvalue weighted by atomic mass is 16.2. The molecule has 2 heteroatoms. The molecule has 1 aliphatic heterocycles. The number of hydrogen-bond donors (Lipinski definition) is 1. The van der Waals surface area contributed by atoms with Crippen LogP contribution in [0.1, 0.15) is 51.9 Å². The van der Waals surface area contributed by atoms with Gasteiger partial charge < -0.3 is 10.0 Å². The molecule has 0 aromatic rings. The number of unbranched alkanes of at least 4 members (excludes halogenated alkanes) is 2. The van der Waals surface area contributed by atoms with E-state index in [2.05, 4.69) is 11.8 Å². The topological polar surface area (TPSA) is 23.5 Å². The molecule has 2 nitrogen and oxygen atoms in total. The fourth-order valence-corrected chi connectivity index (χ4v) is 2.46. The van der Waals surface area contributed by atoms with E-state index in [1.165, 1.54) is 58.2 Å². The van der Waals surface area contributed by atoms with Gasteiger partial charge in [0, 0.05) is 6.61 Å². The maximum absolute atomic E-state index is 8.78. The van der Waals surface area contributed by atoms with Crippen LogP contribution in [0.3, 0.4) is 0 Å². The number of nitrogens with zero attached hydrogens (tertiary/aromatic N) is 1. The van der Waals surface area contributed by atoms with Crippen molar-refractivity contribution >= 4 is 0 Å². The van der Waals surface area contributed by atoms with Crippen molar-refractivity contribution in [2.24, 2.45) is 5.92 Å². The molecule has 0 amide bonds. The first-order chi connectivity index (χ1) is 7.36. The Morgan fingerprint density at radius 1 is 1.13 bits per heavy atom. The van der Waals surface area contributed by atoms with Gasteiger partial charge in [-0.05, 0) is 57.7 Å². The molecule has 0 aromatic carbocycles. The zero-order valence-electron chi connectivity index (χ0n) is 10.2. The molecule has 90 valence electrons. The fourth-order valence-electron chi connectivity index (χ4n) is 2.46. The van der Waals surface area contributed by atoms with E-state index in [9.17, 15) is 0 Å². The van der Waals surface area contributed by atoms with Crippen molar-refractivity contribution in [2.45, 2.75) is 51.9 Å². The minimum Gasteiger partial charge on any atom is -0.396 e. The van der Waals surface area contributed by atoms with E-state index in [1.54, 1.807) is 0 Å². The van der Waals surface area contributed by atoms with E-state index >= 15 is 0 Å². The van der Waals surface area contributed by atoms with E-state index in [0.717, 1.165) is 12.3 Å². The van der Waals surface area contributed by atoms with E-state index in [-0.39, 0.29) is 0 Å². The van der Waals surface area contributed by atoms with E-state index in [4.69, 9.17) is 5.11 Å². The summed E-state index contributed by atoms with van der Waals surface area (Å²) < 4.78 is 0. The molecule has 0 radical (unpaired) electrons. The number of hydrogen-bond acceptors (Lipinski definition) is 2. The minimum atomic E-state index is 0.372. The van der Waals surface area contributed by atoms with Gasteiger partial charge in [0.2, 0.25) is 0 Å². The summed E-state index contributed by atoms with van der Waals surface area (Å²) in [6.07, 6.45) is 9.02. The van der Waals surface area contributed by atoms with Crippen LogP contribution in [0.15, 0.2) is 0 Å². The number of likely N-dealkylation sites (tertiary alicyclic amines) is 1. The first-order valence-electron chi connectivity index (χ1n) is 6.70. The van der Waals surface area contributed by atoms with Crippen molar-refractivity contribution < 1.29 is 5.11 Å². The molecule has 15 heavy (non-hydrogen) atoms. The van der Waals surface area contributed by atoms with Crippen molar-refractivity contribution in [3.05, 3.63) is 0 Å². The second-order valence-electron chi connectivity index (χ2n) is 4.86. The summed E-state index contributed by atoms with van der Waals surface area (Å²) in [5.74, 6) is 0.888. The Bertz CT molecular complexity index is 141. The molecule has 0 atom stereocenters. The summed E-state index contributed by atoms with van der Waals surface area (Å²) >= 11 is 0. The van der Waals surface area contributed by atoms with Crippen LogP contribution in [0.25, 0.3) is 0 Å². The van der Waals surface area contributed by atoms with Gasteiger partial charge in [-0.1, -0.05) is 19.8 Å². The molecule has 0 aliphatic carbocycles. The Labute approximate surface area is 94.7 Å². The molecule has 0 spiro atoms. The van der Waals surface area contributed by atoms with Gasteiger partial charge in [-0.25, -0.2) is 0 Å². The molecule has 1 aliphatic rings. The second kappa shape index (κ2) is 8.12. The molecule has 1 N–H and O–H groups in total. The first kappa shape index (κ1) is 13.0. The lowest BCUT2D eigenvalue weighted by atomic mass is 9.92. The van der Waals surface area contributed by atoms with Gasteiger partial charge in [0.25, 0.3) is 0 Å². The monoisotopic (exact) mass is 213 g/mol. The normalized spacial score (nSPS) is 19.6. The van der Waals surface area contributed by atoms with E-state index < -0.39 is 0 Å². The Kier molecular flexibility index (Phi) is 7.03. The molecule has 1 fully saturated rings. The number of piperidine rings is 1.